The van der Waals surface area contributed by atoms with E-state index in [1.165, 1.54) is 11.1 Å². The summed E-state index contributed by atoms with van der Waals surface area (Å²) in [5.41, 5.74) is 2.58. The van der Waals surface area contributed by atoms with Crippen molar-refractivity contribution in [2.45, 2.75) is 13.5 Å². The number of anilines is 1. The molecule has 19 heavy (non-hydrogen) atoms. The number of rotatable bonds is 2. The number of hydrogen-bond acceptors (Lipinski definition) is 3. The van der Waals surface area contributed by atoms with Gasteiger partial charge in [0.25, 0.3) is 0 Å². The zero-order chi connectivity index (χ0) is 13.2. The van der Waals surface area contributed by atoms with E-state index in [0.29, 0.717) is 6.61 Å². The van der Waals surface area contributed by atoms with Gasteiger partial charge in [-0.05, 0) is 40.5 Å². The molecule has 1 aromatic carbocycles. The van der Waals surface area contributed by atoms with Crippen LogP contribution in [0.1, 0.15) is 11.1 Å². The van der Waals surface area contributed by atoms with E-state index in [9.17, 15) is 0 Å². The average molecular weight is 319 g/mol. The summed E-state index contributed by atoms with van der Waals surface area (Å²) in [5.74, 6) is 1.78. The first kappa shape index (κ1) is 12.5. The Labute approximate surface area is 121 Å². The number of halogens is 1. The summed E-state index contributed by atoms with van der Waals surface area (Å²) in [6.07, 6.45) is 0. The topological polar surface area (TPSA) is 25.4 Å². The van der Waals surface area contributed by atoms with Gasteiger partial charge in [-0.15, -0.1) is 0 Å². The van der Waals surface area contributed by atoms with Crippen LogP contribution in [0, 0.1) is 6.92 Å². The molecule has 4 heteroatoms. The molecule has 3 rings (SSSR count). The highest BCUT2D eigenvalue weighted by Crippen LogP contribution is 2.31. The number of aryl methyl sites for hydroxylation is 1. The quantitative estimate of drug-likeness (QED) is 0.792. The first-order valence-corrected chi connectivity index (χ1v) is 7.11. The highest BCUT2D eigenvalue weighted by Gasteiger charge is 2.19. The van der Waals surface area contributed by atoms with Crippen LogP contribution in [0.5, 0.6) is 5.75 Å². The van der Waals surface area contributed by atoms with E-state index >= 15 is 0 Å². The molecule has 0 spiro atoms. The number of hydrogen-bond donors (Lipinski definition) is 0. The molecule has 0 radical (unpaired) electrons. The van der Waals surface area contributed by atoms with Crippen LogP contribution < -0.4 is 9.64 Å². The fourth-order valence-corrected chi connectivity index (χ4v) is 2.49. The molecule has 0 N–H and O–H groups in total. The molecular weight excluding hydrogens is 304 g/mol. The fourth-order valence-electron chi connectivity index (χ4n) is 2.19. The molecule has 3 nitrogen and oxygen atoms in total. The van der Waals surface area contributed by atoms with E-state index in [1.807, 2.05) is 12.1 Å². The van der Waals surface area contributed by atoms with E-state index in [1.54, 1.807) is 0 Å². The van der Waals surface area contributed by atoms with Crippen molar-refractivity contribution in [1.29, 1.82) is 0 Å². The van der Waals surface area contributed by atoms with E-state index in [2.05, 4.69) is 57.0 Å². The van der Waals surface area contributed by atoms with Crippen molar-refractivity contribution < 1.29 is 4.74 Å². The summed E-state index contributed by atoms with van der Waals surface area (Å²) in [6.45, 7) is 4.54. The molecule has 0 unspecified atom stereocenters. The lowest BCUT2D eigenvalue weighted by Gasteiger charge is -2.30. The van der Waals surface area contributed by atoms with Gasteiger partial charge < -0.3 is 9.64 Å². The Morgan fingerprint density at radius 2 is 2.00 bits per heavy atom. The summed E-state index contributed by atoms with van der Waals surface area (Å²) in [4.78, 5) is 6.78. The molecular formula is C15H15BrN2O. The molecule has 0 saturated carbocycles. The molecule has 2 aromatic rings. The van der Waals surface area contributed by atoms with Crippen LogP contribution in [-0.2, 0) is 6.54 Å². The summed E-state index contributed by atoms with van der Waals surface area (Å²) in [7, 11) is 0. The molecule has 0 bridgehead atoms. The van der Waals surface area contributed by atoms with Crippen LogP contribution in [0.2, 0.25) is 0 Å². The predicted molar refractivity (Wildman–Crippen MR) is 79.7 cm³/mol. The van der Waals surface area contributed by atoms with Gasteiger partial charge in [0.2, 0.25) is 0 Å². The van der Waals surface area contributed by atoms with Crippen LogP contribution in [0.15, 0.2) is 41.0 Å². The first-order valence-electron chi connectivity index (χ1n) is 6.32. The lowest BCUT2D eigenvalue weighted by molar-refractivity contribution is 0.304. The van der Waals surface area contributed by atoms with Crippen LogP contribution in [-0.4, -0.2) is 18.1 Å². The SMILES string of the molecule is Cc1ccc(CN2CCOc3ccc(Br)nc32)cc1. The Bertz CT molecular complexity index is 583. The molecule has 1 aliphatic rings. The third kappa shape index (κ3) is 2.73. The van der Waals surface area contributed by atoms with Gasteiger partial charge in [-0.2, -0.15) is 0 Å². The normalized spacial score (nSPS) is 13.9. The lowest BCUT2D eigenvalue weighted by atomic mass is 10.1. The number of pyridine rings is 1. The summed E-state index contributed by atoms with van der Waals surface area (Å²) in [6, 6.07) is 12.5. The monoisotopic (exact) mass is 318 g/mol. The van der Waals surface area contributed by atoms with Gasteiger partial charge in [-0.25, -0.2) is 4.98 Å². The maximum Gasteiger partial charge on any atom is 0.172 e. The zero-order valence-corrected chi connectivity index (χ0v) is 12.4. The van der Waals surface area contributed by atoms with Gasteiger partial charge in [-0.1, -0.05) is 29.8 Å². The molecule has 2 heterocycles. The zero-order valence-electron chi connectivity index (χ0n) is 10.8. The fraction of sp³-hybridized carbons (Fsp3) is 0.267. The van der Waals surface area contributed by atoms with Crippen molar-refractivity contribution in [3.63, 3.8) is 0 Å². The number of aromatic nitrogens is 1. The van der Waals surface area contributed by atoms with Crippen LogP contribution in [0.3, 0.4) is 0 Å². The van der Waals surface area contributed by atoms with Crippen molar-refractivity contribution >= 4 is 21.7 Å². The Kier molecular flexibility index (Phi) is 3.42. The average Bonchev–Trinajstić information content (AvgIpc) is 2.42. The Balaban J connectivity index is 1.87. The van der Waals surface area contributed by atoms with E-state index in [-0.39, 0.29) is 0 Å². The van der Waals surface area contributed by atoms with Crippen molar-refractivity contribution in [3.8, 4) is 5.75 Å². The maximum absolute atomic E-state index is 5.64. The minimum absolute atomic E-state index is 0.710. The molecule has 0 aliphatic carbocycles. The second-order valence-electron chi connectivity index (χ2n) is 4.71. The standard InChI is InChI=1S/C15H15BrN2O/c1-11-2-4-12(5-3-11)10-18-8-9-19-13-6-7-14(16)17-15(13)18/h2-7H,8-10H2,1H3. The van der Waals surface area contributed by atoms with Crippen LogP contribution in [0.4, 0.5) is 5.82 Å². The van der Waals surface area contributed by atoms with Crippen molar-refractivity contribution in [3.05, 3.63) is 52.1 Å². The smallest absolute Gasteiger partial charge is 0.172 e. The molecule has 0 amide bonds. The third-order valence-corrected chi connectivity index (χ3v) is 3.66. The second-order valence-corrected chi connectivity index (χ2v) is 5.52. The van der Waals surface area contributed by atoms with E-state index in [4.69, 9.17) is 4.74 Å². The largest absolute Gasteiger partial charge is 0.488 e. The van der Waals surface area contributed by atoms with E-state index < -0.39 is 0 Å². The summed E-state index contributed by atoms with van der Waals surface area (Å²) in [5, 5.41) is 0. The third-order valence-electron chi connectivity index (χ3n) is 3.22. The molecule has 98 valence electrons. The van der Waals surface area contributed by atoms with Crippen molar-refractivity contribution in [2.24, 2.45) is 0 Å². The van der Waals surface area contributed by atoms with Crippen LogP contribution >= 0.6 is 15.9 Å². The van der Waals surface area contributed by atoms with Crippen LogP contribution in [0.25, 0.3) is 0 Å². The molecule has 1 aromatic heterocycles. The second kappa shape index (κ2) is 5.21. The minimum atomic E-state index is 0.710. The Morgan fingerprint density at radius 1 is 1.21 bits per heavy atom. The summed E-state index contributed by atoms with van der Waals surface area (Å²) >= 11 is 3.42. The molecule has 0 saturated heterocycles. The highest BCUT2D eigenvalue weighted by molar-refractivity contribution is 9.10. The molecule has 0 atom stereocenters. The summed E-state index contributed by atoms with van der Waals surface area (Å²) < 4.78 is 6.48. The predicted octanol–water partition coefficient (Wildman–Crippen LogP) is 3.55. The van der Waals surface area contributed by atoms with Gasteiger partial charge in [0.05, 0.1) is 6.54 Å². The Morgan fingerprint density at radius 3 is 2.79 bits per heavy atom. The number of fused-ring (bicyclic) bond motifs is 1. The maximum atomic E-state index is 5.64. The van der Waals surface area contributed by atoms with E-state index in [0.717, 1.165) is 29.3 Å². The first-order chi connectivity index (χ1) is 9.22. The molecule has 1 aliphatic heterocycles. The highest BCUT2D eigenvalue weighted by atomic mass is 79.9. The van der Waals surface area contributed by atoms with Gasteiger partial charge in [-0.3, -0.25) is 0 Å². The van der Waals surface area contributed by atoms with Crippen molar-refractivity contribution in [1.82, 2.24) is 4.98 Å². The number of nitrogens with zero attached hydrogens (tertiary/aromatic N) is 2. The van der Waals surface area contributed by atoms with Gasteiger partial charge in [0.15, 0.2) is 11.6 Å². The van der Waals surface area contributed by atoms with Gasteiger partial charge in [0, 0.05) is 6.54 Å². The van der Waals surface area contributed by atoms with Gasteiger partial charge >= 0.3 is 0 Å². The Hall–Kier alpha value is -1.55. The van der Waals surface area contributed by atoms with Crippen molar-refractivity contribution in [2.75, 3.05) is 18.1 Å². The van der Waals surface area contributed by atoms with Gasteiger partial charge in [0.1, 0.15) is 11.2 Å². The number of ether oxygens (including phenoxy) is 1. The minimum Gasteiger partial charge on any atom is -0.488 e. The molecule has 0 fully saturated rings. The lowest BCUT2D eigenvalue weighted by Crippen LogP contribution is -2.33. The number of benzene rings is 1.